The van der Waals surface area contributed by atoms with Crippen LogP contribution in [0.3, 0.4) is 0 Å². The van der Waals surface area contributed by atoms with Crippen LogP contribution in [-0.2, 0) is 17.5 Å². The molecule has 2 fully saturated rings. The van der Waals surface area contributed by atoms with Crippen molar-refractivity contribution in [1.29, 1.82) is 0 Å². The molecule has 3 aromatic heterocycles. The standard InChI is InChI=1S/C25H23F3N6O3S/c26-25(27,28)17-9-19(31-20(10-17)16-4-8-37-14-16)13-29-12-15-2-6-34(7-3-15)23-30-5-1-18(32-23)11-21-22(35)33-24(36)38-21/h1,4-5,8-11,14-15,29H,2-3,6-7,12-13H2,(H,33,35,36)/b21-11+. The van der Waals surface area contributed by atoms with Gasteiger partial charge in [0, 0.05) is 31.4 Å². The van der Waals surface area contributed by atoms with Gasteiger partial charge in [0.15, 0.2) is 0 Å². The minimum absolute atomic E-state index is 0.211. The van der Waals surface area contributed by atoms with Crippen molar-refractivity contribution in [2.24, 2.45) is 5.92 Å². The van der Waals surface area contributed by atoms with Crippen LogP contribution in [0.15, 0.2) is 52.3 Å². The monoisotopic (exact) mass is 544 g/mol. The number of pyridine rings is 1. The van der Waals surface area contributed by atoms with Gasteiger partial charge in [-0.1, -0.05) is 0 Å². The molecular formula is C25H23F3N6O3S. The molecule has 0 spiro atoms. The molecule has 2 aliphatic rings. The van der Waals surface area contributed by atoms with E-state index < -0.39 is 22.9 Å². The first kappa shape index (κ1) is 25.9. The van der Waals surface area contributed by atoms with E-state index in [4.69, 9.17) is 4.42 Å². The molecule has 0 bridgehead atoms. The number of aromatic nitrogens is 3. The smallest absolute Gasteiger partial charge is 0.416 e. The van der Waals surface area contributed by atoms with Crippen molar-refractivity contribution in [3.8, 4) is 11.3 Å². The lowest BCUT2D eigenvalue weighted by Gasteiger charge is -2.32. The van der Waals surface area contributed by atoms with Crippen molar-refractivity contribution in [3.63, 3.8) is 0 Å². The van der Waals surface area contributed by atoms with Crippen molar-refractivity contribution < 1.29 is 27.2 Å². The van der Waals surface area contributed by atoms with Crippen LogP contribution in [0.4, 0.5) is 23.9 Å². The SMILES string of the molecule is O=C1NC(=O)/C(=C\c2ccnc(N3CCC(CNCc4cc(C(F)(F)F)cc(-c5ccoc5)n4)CC3)n2)S1. The molecule has 13 heteroatoms. The maximum absolute atomic E-state index is 13.4. The summed E-state index contributed by atoms with van der Waals surface area (Å²) in [5, 5.41) is 5.06. The third-order valence-corrected chi connectivity index (χ3v) is 7.06. The zero-order chi connectivity index (χ0) is 26.7. The van der Waals surface area contributed by atoms with Gasteiger partial charge in [-0.25, -0.2) is 9.97 Å². The van der Waals surface area contributed by atoms with E-state index in [1.807, 2.05) is 0 Å². The van der Waals surface area contributed by atoms with Crippen molar-refractivity contribution >= 4 is 34.9 Å². The summed E-state index contributed by atoms with van der Waals surface area (Å²) < 4.78 is 45.2. The molecule has 2 N–H and O–H groups in total. The summed E-state index contributed by atoms with van der Waals surface area (Å²) in [6, 6.07) is 5.35. The highest BCUT2D eigenvalue weighted by molar-refractivity contribution is 8.18. The predicted molar refractivity (Wildman–Crippen MR) is 135 cm³/mol. The maximum atomic E-state index is 13.4. The fourth-order valence-corrected chi connectivity index (χ4v) is 4.96. The second-order valence-electron chi connectivity index (χ2n) is 8.94. The first-order valence-corrected chi connectivity index (χ1v) is 12.7. The Balaban J connectivity index is 1.16. The molecular weight excluding hydrogens is 521 g/mol. The Morgan fingerprint density at radius 2 is 2.00 bits per heavy atom. The van der Waals surface area contributed by atoms with E-state index in [1.165, 1.54) is 12.5 Å². The molecule has 0 aliphatic carbocycles. The zero-order valence-corrected chi connectivity index (χ0v) is 20.8. The lowest BCUT2D eigenvalue weighted by Crippen LogP contribution is -2.38. The molecule has 0 saturated carbocycles. The number of nitrogens with zero attached hydrogens (tertiary/aromatic N) is 4. The molecule has 198 valence electrons. The van der Waals surface area contributed by atoms with E-state index >= 15 is 0 Å². The molecule has 0 radical (unpaired) electrons. The number of halogens is 3. The summed E-state index contributed by atoms with van der Waals surface area (Å²) >= 11 is 0.834. The molecule has 0 unspecified atom stereocenters. The highest BCUT2D eigenvalue weighted by atomic mass is 32.2. The summed E-state index contributed by atoms with van der Waals surface area (Å²) in [5.41, 5.74) is 0.810. The highest BCUT2D eigenvalue weighted by Gasteiger charge is 2.32. The van der Waals surface area contributed by atoms with Gasteiger partial charge in [-0.15, -0.1) is 0 Å². The van der Waals surface area contributed by atoms with Crippen molar-refractivity contribution in [2.75, 3.05) is 24.5 Å². The Kier molecular flexibility index (Phi) is 7.47. The Hall–Kier alpha value is -3.71. The molecule has 5 rings (SSSR count). The molecule has 38 heavy (non-hydrogen) atoms. The van der Waals surface area contributed by atoms with Gasteiger partial charge in [0.2, 0.25) is 5.95 Å². The fraction of sp³-hybridized carbons (Fsp3) is 0.320. The normalized spacial score (nSPS) is 17.9. The van der Waals surface area contributed by atoms with Crippen LogP contribution in [0.2, 0.25) is 0 Å². The van der Waals surface area contributed by atoms with Crippen LogP contribution in [0, 0.1) is 5.92 Å². The Morgan fingerprint density at radius 1 is 1.18 bits per heavy atom. The number of amides is 2. The highest BCUT2D eigenvalue weighted by Crippen LogP contribution is 2.32. The number of imide groups is 1. The predicted octanol–water partition coefficient (Wildman–Crippen LogP) is 4.48. The average molecular weight is 545 g/mol. The van der Waals surface area contributed by atoms with Gasteiger partial charge < -0.3 is 14.6 Å². The second-order valence-corrected chi connectivity index (χ2v) is 9.95. The van der Waals surface area contributed by atoms with E-state index in [-0.39, 0.29) is 17.1 Å². The van der Waals surface area contributed by atoms with Crippen molar-refractivity contribution in [1.82, 2.24) is 25.6 Å². The van der Waals surface area contributed by atoms with Gasteiger partial charge in [-0.3, -0.25) is 19.9 Å². The fourth-order valence-electron chi connectivity index (χ4n) is 4.29. The van der Waals surface area contributed by atoms with Crippen molar-refractivity contribution in [3.05, 3.63) is 64.8 Å². The van der Waals surface area contributed by atoms with Gasteiger partial charge >= 0.3 is 6.18 Å². The van der Waals surface area contributed by atoms with Crippen LogP contribution >= 0.6 is 11.8 Å². The molecule has 2 amide bonds. The number of carbonyl (C=O) groups is 2. The molecule has 0 atom stereocenters. The van der Waals surface area contributed by atoms with Crippen LogP contribution in [0.1, 0.15) is 29.8 Å². The van der Waals surface area contributed by atoms with Gasteiger partial charge in [-0.05, 0) is 67.4 Å². The number of rotatable bonds is 7. The van der Waals surface area contributed by atoms with Gasteiger partial charge in [-0.2, -0.15) is 13.2 Å². The number of hydrogen-bond donors (Lipinski definition) is 2. The number of hydrogen-bond acceptors (Lipinski definition) is 9. The summed E-state index contributed by atoms with van der Waals surface area (Å²) in [6.45, 7) is 2.28. The Bertz CT molecular complexity index is 1350. The first-order chi connectivity index (χ1) is 18.2. The Labute approximate surface area is 219 Å². The molecule has 2 saturated heterocycles. The summed E-state index contributed by atoms with van der Waals surface area (Å²) in [4.78, 5) is 38.7. The first-order valence-electron chi connectivity index (χ1n) is 11.9. The van der Waals surface area contributed by atoms with Gasteiger partial charge in [0.05, 0.1) is 40.1 Å². The van der Waals surface area contributed by atoms with E-state index in [1.54, 1.807) is 24.4 Å². The average Bonchev–Trinajstić information content (AvgIpc) is 3.54. The number of furan rings is 1. The molecule has 0 aromatic carbocycles. The van der Waals surface area contributed by atoms with E-state index in [9.17, 15) is 22.8 Å². The minimum Gasteiger partial charge on any atom is -0.472 e. The van der Waals surface area contributed by atoms with E-state index in [0.29, 0.717) is 48.5 Å². The number of carbonyl (C=O) groups excluding carboxylic acids is 2. The minimum atomic E-state index is -4.47. The molecule has 9 nitrogen and oxygen atoms in total. The van der Waals surface area contributed by atoms with Gasteiger partial charge in [0.1, 0.15) is 0 Å². The summed E-state index contributed by atoms with van der Waals surface area (Å²) in [5.74, 6) is 0.437. The van der Waals surface area contributed by atoms with Crippen LogP contribution in [-0.4, -0.2) is 45.7 Å². The van der Waals surface area contributed by atoms with Crippen LogP contribution < -0.4 is 15.5 Å². The maximum Gasteiger partial charge on any atom is 0.416 e. The van der Waals surface area contributed by atoms with E-state index in [0.717, 1.165) is 36.7 Å². The van der Waals surface area contributed by atoms with Crippen molar-refractivity contribution in [2.45, 2.75) is 25.6 Å². The quantitative estimate of drug-likeness (QED) is 0.416. The number of thioether (sulfide) groups is 1. The number of alkyl halides is 3. The number of piperidine rings is 1. The lowest BCUT2D eigenvalue weighted by molar-refractivity contribution is -0.137. The molecule has 3 aromatic rings. The second kappa shape index (κ2) is 11.0. The van der Waals surface area contributed by atoms with Crippen LogP contribution in [0.5, 0.6) is 0 Å². The zero-order valence-electron chi connectivity index (χ0n) is 20.0. The summed E-state index contributed by atoms with van der Waals surface area (Å²) in [6.07, 6.45) is 3.17. The van der Waals surface area contributed by atoms with Crippen LogP contribution in [0.25, 0.3) is 17.3 Å². The van der Waals surface area contributed by atoms with E-state index in [2.05, 4.69) is 30.5 Å². The third kappa shape index (κ3) is 6.22. The lowest BCUT2D eigenvalue weighted by atomic mass is 9.97. The number of nitrogens with one attached hydrogen (secondary N) is 2. The topological polar surface area (TPSA) is 113 Å². The largest absolute Gasteiger partial charge is 0.472 e. The summed E-state index contributed by atoms with van der Waals surface area (Å²) in [7, 11) is 0. The number of anilines is 1. The molecule has 5 heterocycles. The Morgan fingerprint density at radius 3 is 2.68 bits per heavy atom. The third-order valence-electron chi connectivity index (χ3n) is 6.24. The molecule has 2 aliphatic heterocycles. The van der Waals surface area contributed by atoms with Gasteiger partial charge in [0.25, 0.3) is 11.1 Å².